The van der Waals surface area contributed by atoms with E-state index in [4.69, 9.17) is 0 Å². The van der Waals surface area contributed by atoms with Crippen molar-refractivity contribution in [1.29, 1.82) is 0 Å². The van der Waals surface area contributed by atoms with E-state index in [9.17, 15) is 14.0 Å². The van der Waals surface area contributed by atoms with Crippen LogP contribution in [0.4, 0.5) is 10.1 Å². The molecular formula is C30H33FN4O2. The Morgan fingerprint density at radius 3 is 2.46 bits per heavy atom. The number of rotatable bonds is 5. The fraction of sp³-hybridized carbons (Fsp3) is 0.333. The van der Waals surface area contributed by atoms with Crippen molar-refractivity contribution >= 4 is 17.5 Å². The van der Waals surface area contributed by atoms with Crippen LogP contribution in [0.15, 0.2) is 66.9 Å². The number of H-pyrrole nitrogens is 1. The zero-order valence-electron chi connectivity index (χ0n) is 21.6. The van der Waals surface area contributed by atoms with Crippen molar-refractivity contribution in [3.63, 3.8) is 0 Å². The summed E-state index contributed by atoms with van der Waals surface area (Å²) in [5.41, 5.74) is 5.49. The number of carbonyl (C=O) groups excluding carboxylic acids is 2. The smallest absolute Gasteiger partial charge is 0.254 e. The van der Waals surface area contributed by atoms with E-state index in [1.807, 2.05) is 48.4 Å². The highest BCUT2D eigenvalue weighted by Gasteiger charge is 2.45. The van der Waals surface area contributed by atoms with E-state index in [-0.39, 0.29) is 17.6 Å². The molecule has 1 fully saturated rings. The molecule has 6 nitrogen and oxygen atoms in total. The predicted octanol–water partition coefficient (Wildman–Crippen LogP) is 4.84. The van der Waals surface area contributed by atoms with E-state index in [0.29, 0.717) is 31.7 Å². The molecule has 1 saturated heterocycles. The van der Waals surface area contributed by atoms with Gasteiger partial charge in [-0.1, -0.05) is 30.4 Å². The van der Waals surface area contributed by atoms with Gasteiger partial charge in [0, 0.05) is 62.8 Å². The summed E-state index contributed by atoms with van der Waals surface area (Å²) in [5, 5.41) is 0. The second kappa shape index (κ2) is 10.2. The maximum absolute atomic E-state index is 14.2. The average molecular weight is 501 g/mol. The van der Waals surface area contributed by atoms with Crippen LogP contribution < -0.4 is 4.90 Å². The molecule has 0 bridgehead atoms. The number of nitrogens with one attached hydrogen (secondary N) is 1. The Labute approximate surface area is 217 Å². The van der Waals surface area contributed by atoms with Gasteiger partial charge in [-0.2, -0.15) is 0 Å². The lowest BCUT2D eigenvalue weighted by atomic mass is 9.78. The maximum Gasteiger partial charge on any atom is 0.254 e. The molecule has 3 heterocycles. The molecular weight excluding hydrogens is 467 g/mol. The summed E-state index contributed by atoms with van der Waals surface area (Å²) in [6.45, 7) is 6.53. The fourth-order valence-electron chi connectivity index (χ4n) is 5.67. The van der Waals surface area contributed by atoms with Crippen LogP contribution in [0.25, 0.3) is 0 Å². The summed E-state index contributed by atoms with van der Waals surface area (Å²) in [6, 6.07) is 13.6. The van der Waals surface area contributed by atoms with Crippen LogP contribution in [0, 0.1) is 12.7 Å². The molecule has 192 valence electrons. The van der Waals surface area contributed by atoms with E-state index in [1.54, 1.807) is 24.1 Å². The van der Waals surface area contributed by atoms with Crippen molar-refractivity contribution in [1.82, 2.24) is 14.8 Å². The number of benzene rings is 2. The third kappa shape index (κ3) is 4.54. The number of piperazine rings is 1. The lowest BCUT2D eigenvalue weighted by Gasteiger charge is -2.43. The van der Waals surface area contributed by atoms with E-state index in [1.165, 1.54) is 12.1 Å². The van der Waals surface area contributed by atoms with Crippen LogP contribution in [0.5, 0.6) is 0 Å². The highest BCUT2D eigenvalue weighted by atomic mass is 19.1. The van der Waals surface area contributed by atoms with Gasteiger partial charge >= 0.3 is 0 Å². The SMILES string of the molecule is C/C=C\Cc1[nH]cc(C2C(C(=O)N3CCN(c4ccc(F)cc4)CC3)c3ccccc3C(=O)N2C)c1C. The molecule has 2 aliphatic heterocycles. The summed E-state index contributed by atoms with van der Waals surface area (Å²) < 4.78 is 13.4. The quantitative estimate of drug-likeness (QED) is 0.510. The number of fused-ring (bicyclic) bond motifs is 1. The van der Waals surface area contributed by atoms with Crippen molar-refractivity contribution in [2.24, 2.45) is 0 Å². The number of carbonyl (C=O) groups is 2. The number of amides is 2. The first kappa shape index (κ1) is 24.8. The second-order valence-corrected chi connectivity index (χ2v) is 9.84. The first-order valence-electron chi connectivity index (χ1n) is 12.8. The lowest BCUT2D eigenvalue weighted by molar-refractivity contribution is -0.134. The molecule has 1 aromatic heterocycles. The van der Waals surface area contributed by atoms with Crippen molar-refractivity contribution in [2.45, 2.75) is 32.2 Å². The Morgan fingerprint density at radius 1 is 1.05 bits per heavy atom. The molecule has 2 aliphatic rings. The normalized spacial score (nSPS) is 20.0. The molecule has 2 unspecified atom stereocenters. The van der Waals surface area contributed by atoms with Crippen molar-refractivity contribution in [2.75, 3.05) is 38.1 Å². The topological polar surface area (TPSA) is 59.7 Å². The summed E-state index contributed by atoms with van der Waals surface area (Å²) in [7, 11) is 1.80. The minimum absolute atomic E-state index is 0.0335. The van der Waals surface area contributed by atoms with Gasteiger partial charge in [-0.3, -0.25) is 9.59 Å². The predicted molar refractivity (Wildman–Crippen MR) is 143 cm³/mol. The highest BCUT2D eigenvalue weighted by Crippen LogP contribution is 2.44. The number of allylic oxidation sites excluding steroid dienone is 2. The van der Waals surface area contributed by atoms with Crippen molar-refractivity contribution in [3.8, 4) is 0 Å². The van der Waals surface area contributed by atoms with Gasteiger partial charge in [0.1, 0.15) is 5.82 Å². The van der Waals surface area contributed by atoms with Gasteiger partial charge in [-0.05, 0) is 60.9 Å². The van der Waals surface area contributed by atoms with Gasteiger partial charge in [0.25, 0.3) is 5.91 Å². The summed E-state index contributed by atoms with van der Waals surface area (Å²) in [5.74, 6) is -0.792. The van der Waals surface area contributed by atoms with Crippen molar-refractivity contribution in [3.05, 3.63) is 101 Å². The molecule has 37 heavy (non-hydrogen) atoms. The monoisotopic (exact) mass is 500 g/mol. The van der Waals surface area contributed by atoms with E-state index in [2.05, 4.69) is 22.9 Å². The van der Waals surface area contributed by atoms with Gasteiger partial charge in [0.2, 0.25) is 5.91 Å². The molecule has 0 aliphatic carbocycles. The van der Waals surface area contributed by atoms with E-state index in [0.717, 1.165) is 34.5 Å². The molecule has 2 atom stereocenters. The maximum atomic E-state index is 14.2. The third-order valence-corrected chi connectivity index (χ3v) is 7.79. The molecule has 1 N–H and O–H groups in total. The lowest BCUT2D eigenvalue weighted by Crippen LogP contribution is -2.53. The molecule has 5 rings (SSSR count). The number of anilines is 1. The van der Waals surface area contributed by atoms with Crippen LogP contribution in [0.2, 0.25) is 0 Å². The zero-order chi connectivity index (χ0) is 26.1. The van der Waals surface area contributed by atoms with Crippen LogP contribution in [-0.4, -0.2) is 59.8 Å². The minimum atomic E-state index is -0.500. The van der Waals surface area contributed by atoms with Crippen LogP contribution in [0.1, 0.15) is 51.6 Å². The number of likely N-dealkylation sites (N-methyl/N-ethyl adjacent to an activating group) is 1. The molecule has 2 amide bonds. The largest absolute Gasteiger partial charge is 0.368 e. The first-order valence-corrected chi connectivity index (χ1v) is 12.8. The molecule has 2 aromatic carbocycles. The number of hydrogen-bond donors (Lipinski definition) is 1. The minimum Gasteiger partial charge on any atom is -0.368 e. The van der Waals surface area contributed by atoms with Gasteiger partial charge in [-0.25, -0.2) is 4.39 Å². The van der Waals surface area contributed by atoms with Crippen LogP contribution in [-0.2, 0) is 11.2 Å². The standard InChI is InChI=1S/C30H33FN4O2/c1-4-5-10-26-20(2)25(19-32-26)28-27(23-8-6-7-9-24(23)29(36)33(28)3)30(37)35-17-15-34(16-18-35)22-13-11-21(31)12-14-22/h4-9,11-14,19,27-28,32H,10,15-18H2,1-3H3/b5-4-. The zero-order valence-corrected chi connectivity index (χ0v) is 21.6. The van der Waals surface area contributed by atoms with E-state index < -0.39 is 12.0 Å². The summed E-state index contributed by atoms with van der Waals surface area (Å²) >= 11 is 0. The van der Waals surface area contributed by atoms with Crippen LogP contribution >= 0.6 is 0 Å². The average Bonchev–Trinajstić information content (AvgIpc) is 3.29. The molecule has 3 aromatic rings. The van der Waals surface area contributed by atoms with Gasteiger partial charge < -0.3 is 19.7 Å². The molecule has 0 spiro atoms. The molecule has 0 radical (unpaired) electrons. The number of halogens is 1. The number of aromatic nitrogens is 1. The Hall–Kier alpha value is -3.87. The highest BCUT2D eigenvalue weighted by molar-refractivity contribution is 6.01. The molecule has 0 saturated carbocycles. The number of hydrogen-bond acceptors (Lipinski definition) is 3. The first-order chi connectivity index (χ1) is 17.9. The summed E-state index contributed by atoms with van der Waals surface area (Å²) in [4.78, 5) is 36.8. The Balaban J connectivity index is 1.46. The van der Waals surface area contributed by atoms with Crippen LogP contribution in [0.3, 0.4) is 0 Å². The fourth-order valence-corrected chi connectivity index (χ4v) is 5.67. The molecule has 7 heteroatoms. The number of aromatic amines is 1. The van der Waals surface area contributed by atoms with Gasteiger partial charge in [-0.15, -0.1) is 0 Å². The Morgan fingerprint density at radius 2 is 1.76 bits per heavy atom. The van der Waals surface area contributed by atoms with Gasteiger partial charge in [0.15, 0.2) is 0 Å². The number of nitrogens with zero attached hydrogens (tertiary/aromatic N) is 3. The second-order valence-electron chi connectivity index (χ2n) is 9.84. The Bertz CT molecular complexity index is 1320. The third-order valence-electron chi connectivity index (χ3n) is 7.79. The van der Waals surface area contributed by atoms with Crippen molar-refractivity contribution < 1.29 is 14.0 Å². The van der Waals surface area contributed by atoms with E-state index >= 15 is 0 Å². The Kier molecular flexibility index (Phi) is 6.87. The van der Waals surface area contributed by atoms with Gasteiger partial charge in [0.05, 0.1) is 12.0 Å². The summed E-state index contributed by atoms with van der Waals surface area (Å²) in [6.07, 6.45) is 6.85.